The molecule has 0 aromatic heterocycles. The third kappa shape index (κ3) is 3.72. The van der Waals surface area contributed by atoms with E-state index in [1.165, 1.54) is 11.3 Å². The van der Waals surface area contributed by atoms with E-state index >= 15 is 0 Å². The Morgan fingerprint density at radius 2 is 1.94 bits per heavy atom. The van der Waals surface area contributed by atoms with Crippen molar-refractivity contribution < 1.29 is 4.74 Å². The summed E-state index contributed by atoms with van der Waals surface area (Å²) in [6.07, 6.45) is 0. The van der Waals surface area contributed by atoms with Crippen LogP contribution < -0.4 is 10.2 Å². The number of benzene rings is 1. The molecule has 1 rings (SSSR count). The van der Waals surface area contributed by atoms with Crippen molar-refractivity contribution in [3.05, 3.63) is 29.8 Å². The third-order valence-corrected chi connectivity index (χ3v) is 3.36. The zero-order chi connectivity index (χ0) is 13.5. The first-order valence-electron chi connectivity index (χ1n) is 6.65. The van der Waals surface area contributed by atoms with Crippen LogP contribution in [0.1, 0.15) is 32.4 Å². The van der Waals surface area contributed by atoms with E-state index in [9.17, 15) is 0 Å². The maximum absolute atomic E-state index is 5.24. The van der Waals surface area contributed by atoms with E-state index in [4.69, 9.17) is 4.74 Å². The maximum atomic E-state index is 5.24. The van der Waals surface area contributed by atoms with Gasteiger partial charge in [0.15, 0.2) is 0 Å². The number of likely N-dealkylation sites (N-methyl/N-ethyl adjacent to an activating group) is 1. The second kappa shape index (κ2) is 7.39. The fraction of sp³-hybridized carbons (Fsp3) is 0.600. The summed E-state index contributed by atoms with van der Waals surface area (Å²) in [5.41, 5.74) is 2.61. The van der Waals surface area contributed by atoms with E-state index in [-0.39, 0.29) is 0 Å². The Bertz CT molecular complexity index is 354. The number of hydrogen-bond acceptors (Lipinski definition) is 3. The molecule has 3 nitrogen and oxygen atoms in total. The number of anilines is 1. The van der Waals surface area contributed by atoms with Crippen molar-refractivity contribution in [2.24, 2.45) is 0 Å². The standard InChI is InChI=1S/C15H26N2O/c1-6-16-13(3)14-9-7-8-10-15(14)17(4)12(2)11-18-5/h7-10,12-13,16H,6,11H2,1-5H3. The maximum Gasteiger partial charge on any atom is 0.0663 e. The molecule has 0 aliphatic rings. The van der Waals surface area contributed by atoms with E-state index in [0.29, 0.717) is 12.1 Å². The summed E-state index contributed by atoms with van der Waals surface area (Å²) in [5, 5.41) is 3.47. The molecule has 0 amide bonds. The lowest BCUT2D eigenvalue weighted by Crippen LogP contribution is -2.34. The van der Waals surface area contributed by atoms with Gasteiger partial charge in [-0.3, -0.25) is 0 Å². The zero-order valence-corrected chi connectivity index (χ0v) is 12.2. The molecular weight excluding hydrogens is 224 g/mol. The molecule has 1 aromatic rings. The van der Waals surface area contributed by atoms with Crippen LogP contribution in [0.4, 0.5) is 5.69 Å². The number of para-hydroxylation sites is 1. The van der Waals surface area contributed by atoms with Crippen molar-refractivity contribution >= 4 is 5.69 Å². The SMILES string of the molecule is CCNC(C)c1ccccc1N(C)C(C)COC. The highest BCUT2D eigenvalue weighted by Gasteiger charge is 2.15. The van der Waals surface area contributed by atoms with Gasteiger partial charge in [0.25, 0.3) is 0 Å². The number of hydrogen-bond donors (Lipinski definition) is 1. The first-order valence-corrected chi connectivity index (χ1v) is 6.65. The number of ether oxygens (including phenoxy) is 1. The molecular formula is C15H26N2O. The zero-order valence-electron chi connectivity index (χ0n) is 12.2. The Morgan fingerprint density at radius 3 is 2.56 bits per heavy atom. The van der Waals surface area contributed by atoms with Gasteiger partial charge in [0.2, 0.25) is 0 Å². The Hall–Kier alpha value is -1.06. The highest BCUT2D eigenvalue weighted by molar-refractivity contribution is 5.55. The molecule has 0 heterocycles. The normalized spacial score (nSPS) is 14.3. The van der Waals surface area contributed by atoms with Gasteiger partial charge in [-0.1, -0.05) is 25.1 Å². The molecule has 0 radical (unpaired) electrons. The van der Waals surface area contributed by atoms with Crippen LogP contribution in [0, 0.1) is 0 Å². The lowest BCUT2D eigenvalue weighted by molar-refractivity contribution is 0.183. The molecule has 0 saturated heterocycles. The van der Waals surface area contributed by atoms with Crippen LogP contribution >= 0.6 is 0 Å². The molecule has 102 valence electrons. The molecule has 1 N–H and O–H groups in total. The van der Waals surface area contributed by atoms with Crippen molar-refractivity contribution in [2.45, 2.75) is 32.9 Å². The Morgan fingerprint density at radius 1 is 1.28 bits per heavy atom. The van der Waals surface area contributed by atoms with E-state index in [1.54, 1.807) is 7.11 Å². The van der Waals surface area contributed by atoms with Crippen molar-refractivity contribution in [3.8, 4) is 0 Å². The lowest BCUT2D eigenvalue weighted by atomic mass is 10.0. The first-order chi connectivity index (χ1) is 8.61. The second-order valence-corrected chi connectivity index (χ2v) is 4.75. The average molecular weight is 250 g/mol. The number of nitrogens with one attached hydrogen (secondary N) is 1. The van der Waals surface area contributed by atoms with Gasteiger partial charge in [0, 0.05) is 31.9 Å². The smallest absolute Gasteiger partial charge is 0.0663 e. The van der Waals surface area contributed by atoms with Gasteiger partial charge in [-0.15, -0.1) is 0 Å². The third-order valence-electron chi connectivity index (χ3n) is 3.36. The first kappa shape index (κ1) is 15.0. The van der Waals surface area contributed by atoms with Gasteiger partial charge in [0.1, 0.15) is 0 Å². The molecule has 0 aliphatic carbocycles. The summed E-state index contributed by atoms with van der Waals surface area (Å²) >= 11 is 0. The minimum absolute atomic E-state index is 0.364. The van der Waals surface area contributed by atoms with Crippen LogP contribution in [0.15, 0.2) is 24.3 Å². The van der Waals surface area contributed by atoms with Gasteiger partial charge >= 0.3 is 0 Å². The van der Waals surface area contributed by atoms with Crippen molar-refractivity contribution in [3.63, 3.8) is 0 Å². The summed E-state index contributed by atoms with van der Waals surface area (Å²) in [6, 6.07) is 9.29. The minimum atomic E-state index is 0.364. The van der Waals surface area contributed by atoms with Gasteiger partial charge in [-0.2, -0.15) is 0 Å². The largest absolute Gasteiger partial charge is 0.383 e. The quantitative estimate of drug-likeness (QED) is 0.805. The molecule has 0 spiro atoms. The van der Waals surface area contributed by atoms with Gasteiger partial charge in [-0.25, -0.2) is 0 Å². The van der Waals surface area contributed by atoms with Gasteiger partial charge in [0.05, 0.1) is 6.61 Å². The lowest BCUT2D eigenvalue weighted by Gasteiger charge is -2.30. The van der Waals surface area contributed by atoms with E-state index < -0.39 is 0 Å². The van der Waals surface area contributed by atoms with Gasteiger partial charge in [-0.05, 0) is 32.0 Å². The Labute approximate surface area is 111 Å². The Balaban J connectivity index is 2.93. The fourth-order valence-electron chi connectivity index (χ4n) is 2.18. The van der Waals surface area contributed by atoms with Crippen LogP contribution in [0.2, 0.25) is 0 Å². The summed E-state index contributed by atoms with van der Waals surface area (Å²) in [4.78, 5) is 2.28. The molecule has 2 atom stereocenters. The predicted octanol–water partition coefficient (Wildman–Crippen LogP) is 2.83. The van der Waals surface area contributed by atoms with Crippen molar-refractivity contribution in [2.75, 3.05) is 32.2 Å². The molecule has 18 heavy (non-hydrogen) atoms. The fourth-order valence-corrected chi connectivity index (χ4v) is 2.18. The molecule has 0 saturated carbocycles. The van der Waals surface area contributed by atoms with Crippen LogP contribution in [0.3, 0.4) is 0 Å². The molecule has 0 bridgehead atoms. The number of nitrogens with zero attached hydrogens (tertiary/aromatic N) is 1. The number of methoxy groups -OCH3 is 1. The molecule has 0 fully saturated rings. The summed E-state index contributed by atoms with van der Waals surface area (Å²) in [7, 11) is 3.87. The van der Waals surface area contributed by atoms with Crippen molar-refractivity contribution in [1.82, 2.24) is 5.32 Å². The Kier molecular flexibility index (Phi) is 6.16. The van der Waals surface area contributed by atoms with E-state index in [2.05, 4.69) is 62.3 Å². The summed E-state index contributed by atoms with van der Waals surface area (Å²) < 4.78 is 5.24. The molecule has 2 unspecified atom stereocenters. The van der Waals surface area contributed by atoms with Crippen LogP contribution in [0.25, 0.3) is 0 Å². The van der Waals surface area contributed by atoms with Crippen LogP contribution in [-0.2, 0) is 4.74 Å². The monoisotopic (exact) mass is 250 g/mol. The summed E-state index contributed by atoms with van der Waals surface area (Å²) in [5.74, 6) is 0. The highest BCUT2D eigenvalue weighted by atomic mass is 16.5. The average Bonchev–Trinajstić information content (AvgIpc) is 2.38. The topological polar surface area (TPSA) is 24.5 Å². The second-order valence-electron chi connectivity index (χ2n) is 4.75. The van der Waals surface area contributed by atoms with Crippen LogP contribution in [0.5, 0.6) is 0 Å². The van der Waals surface area contributed by atoms with Crippen LogP contribution in [-0.4, -0.2) is 33.4 Å². The minimum Gasteiger partial charge on any atom is -0.383 e. The summed E-state index contributed by atoms with van der Waals surface area (Å²) in [6.45, 7) is 8.24. The van der Waals surface area contributed by atoms with E-state index in [0.717, 1.165) is 13.2 Å². The van der Waals surface area contributed by atoms with E-state index in [1.807, 2.05) is 0 Å². The van der Waals surface area contributed by atoms with Gasteiger partial charge < -0.3 is 15.0 Å². The molecule has 1 aromatic carbocycles. The highest BCUT2D eigenvalue weighted by Crippen LogP contribution is 2.26. The molecule has 0 aliphatic heterocycles. The number of rotatable bonds is 7. The predicted molar refractivity (Wildman–Crippen MR) is 78.3 cm³/mol. The molecule has 3 heteroatoms. The van der Waals surface area contributed by atoms with Crippen molar-refractivity contribution in [1.29, 1.82) is 0 Å².